The average Bonchev–Trinajstić information content (AvgIpc) is 2.73. The van der Waals surface area contributed by atoms with Crippen LogP contribution >= 0.6 is 0 Å². The molecular formula is C27H31N3O3. The Balaban J connectivity index is 1.61. The molecule has 0 fully saturated rings. The summed E-state index contributed by atoms with van der Waals surface area (Å²) in [6.45, 7) is 7.40. The van der Waals surface area contributed by atoms with Crippen molar-refractivity contribution in [1.29, 1.82) is 0 Å². The van der Waals surface area contributed by atoms with Gasteiger partial charge in [-0.25, -0.2) is 9.59 Å². The summed E-state index contributed by atoms with van der Waals surface area (Å²) >= 11 is 0. The summed E-state index contributed by atoms with van der Waals surface area (Å²) in [5, 5.41) is 8.67. The standard InChI is InChI=1S/C27H31N3O3/c1-19(28-26(32)33-27(2,3)4)17-20-11-10-14-22(18-20)29-25(31)30-24-16-9-8-15-23(24)21-12-6-5-7-13-21/h5-16,18-19H,17H2,1-4H3,(H,28,32)(H2,29,30,31). The molecule has 6 nitrogen and oxygen atoms in total. The number of para-hydroxylation sites is 1. The van der Waals surface area contributed by atoms with Crippen molar-refractivity contribution < 1.29 is 14.3 Å². The molecule has 172 valence electrons. The van der Waals surface area contributed by atoms with E-state index in [1.165, 1.54) is 0 Å². The van der Waals surface area contributed by atoms with Crippen molar-refractivity contribution in [1.82, 2.24) is 5.32 Å². The van der Waals surface area contributed by atoms with Gasteiger partial charge in [-0.3, -0.25) is 0 Å². The number of nitrogens with one attached hydrogen (secondary N) is 3. The van der Waals surface area contributed by atoms with Gasteiger partial charge in [0.15, 0.2) is 0 Å². The third-order valence-corrected chi connectivity index (χ3v) is 4.75. The average molecular weight is 446 g/mol. The lowest BCUT2D eigenvalue weighted by molar-refractivity contribution is 0.0508. The van der Waals surface area contributed by atoms with Crippen LogP contribution in [0.3, 0.4) is 0 Å². The number of hydrogen-bond donors (Lipinski definition) is 3. The molecule has 0 aliphatic carbocycles. The second-order valence-electron chi connectivity index (χ2n) is 8.94. The number of hydrogen-bond acceptors (Lipinski definition) is 3. The molecule has 0 heterocycles. The zero-order chi connectivity index (χ0) is 23.8. The van der Waals surface area contributed by atoms with Crippen molar-refractivity contribution in [3.63, 3.8) is 0 Å². The summed E-state index contributed by atoms with van der Waals surface area (Å²) in [5.41, 5.74) is 3.83. The molecule has 0 radical (unpaired) electrons. The minimum absolute atomic E-state index is 0.123. The molecule has 1 atom stereocenters. The molecular weight excluding hydrogens is 414 g/mol. The first-order valence-corrected chi connectivity index (χ1v) is 11.0. The zero-order valence-electron chi connectivity index (χ0n) is 19.5. The van der Waals surface area contributed by atoms with E-state index in [0.717, 1.165) is 22.4 Å². The van der Waals surface area contributed by atoms with Crippen LogP contribution in [0, 0.1) is 0 Å². The SMILES string of the molecule is CC(Cc1cccc(NC(=O)Nc2ccccc2-c2ccccc2)c1)NC(=O)OC(C)(C)C. The van der Waals surface area contributed by atoms with E-state index in [4.69, 9.17) is 4.74 Å². The van der Waals surface area contributed by atoms with E-state index in [0.29, 0.717) is 12.1 Å². The number of alkyl carbamates (subject to hydrolysis) is 1. The lowest BCUT2D eigenvalue weighted by Crippen LogP contribution is -2.38. The quantitative estimate of drug-likeness (QED) is 0.408. The maximum Gasteiger partial charge on any atom is 0.407 e. The Morgan fingerprint density at radius 3 is 2.30 bits per heavy atom. The molecule has 0 saturated carbocycles. The van der Waals surface area contributed by atoms with E-state index in [1.54, 1.807) is 0 Å². The van der Waals surface area contributed by atoms with E-state index in [-0.39, 0.29) is 12.1 Å². The van der Waals surface area contributed by atoms with Crippen molar-refractivity contribution in [2.75, 3.05) is 10.6 Å². The van der Waals surface area contributed by atoms with Gasteiger partial charge in [-0.05, 0) is 63.4 Å². The van der Waals surface area contributed by atoms with Gasteiger partial charge < -0.3 is 20.7 Å². The monoisotopic (exact) mass is 445 g/mol. The number of anilines is 2. The topological polar surface area (TPSA) is 79.5 Å². The largest absolute Gasteiger partial charge is 0.444 e. The van der Waals surface area contributed by atoms with Gasteiger partial charge in [0.1, 0.15) is 5.60 Å². The van der Waals surface area contributed by atoms with Gasteiger partial charge in [-0.15, -0.1) is 0 Å². The summed E-state index contributed by atoms with van der Waals surface area (Å²) in [5.74, 6) is 0. The van der Waals surface area contributed by atoms with Crippen molar-refractivity contribution >= 4 is 23.5 Å². The maximum atomic E-state index is 12.7. The summed E-state index contributed by atoms with van der Waals surface area (Å²) in [4.78, 5) is 24.7. The van der Waals surface area contributed by atoms with Crippen LogP contribution in [0.2, 0.25) is 0 Å². The highest BCUT2D eigenvalue weighted by Crippen LogP contribution is 2.27. The van der Waals surface area contributed by atoms with E-state index in [9.17, 15) is 9.59 Å². The highest BCUT2D eigenvalue weighted by Gasteiger charge is 2.18. The highest BCUT2D eigenvalue weighted by atomic mass is 16.6. The predicted octanol–water partition coefficient (Wildman–Crippen LogP) is 6.45. The van der Waals surface area contributed by atoms with E-state index >= 15 is 0 Å². The van der Waals surface area contributed by atoms with Crippen LogP contribution in [0.15, 0.2) is 78.9 Å². The van der Waals surface area contributed by atoms with Crippen LogP contribution in [0.5, 0.6) is 0 Å². The molecule has 3 aromatic carbocycles. The number of benzene rings is 3. The Morgan fingerprint density at radius 2 is 1.58 bits per heavy atom. The first-order valence-electron chi connectivity index (χ1n) is 11.0. The highest BCUT2D eigenvalue weighted by molar-refractivity contribution is 6.02. The van der Waals surface area contributed by atoms with Crippen molar-refractivity contribution in [2.24, 2.45) is 0 Å². The summed E-state index contributed by atoms with van der Waals surface area (Å²) in [6, 6.07) is 24.7. The van der Waals surface area contributed by atoms with Crippen LogP contribution in [0.4, 0.5) is 21.0 Å². The zero-order valence-corrected chi connectivity index (χ0v) is 19.5. The van der Waals surface area contributed by atoms with Crippen LogP contribution in [0.1, 0.15) is 33.3 Å². The van der Waals surface area contributed by atoms with E-state index in [1.807, 2.05) is 107 Å². The van der Waals surface area contributed by atoms with Gasteiger partial charge in [0.25, 0.3) is 0 Å². The Labute approximate surface area is 195 Å². The Morgan fingerprint density at radius 1 is 0.879 bits per heavy atom. The molecule has 6 heteroatoms. The van der Waals surface area contributed by atoms with Gasteiger partial charge >= 0.3 is 12.1 Å². The molecule has 0 aliphatic heterocycles. The maximum absolute atomic E-state index is 12.7. The van der Waals surface area contributed by atoms with Crippen LogP contribution < -0.4 is 16.0 Å². The lowest BCUT2D eigenvalue weighted by Gasteiger charge is -2.22. The molecule has 0 spiro atoms. The third kappa shape index (κ3) is 7.68. The molecule has 0 aliphatic rings. The Hall–Kier alpha value is -3.80. The fourth-order valence-electron chi connectivity index (χ4n) is 3.44. The summed E-state index contributed by atoms with van der Waals surface area (Å²) in [6.07, 6.45) is 0.161. The van der Waals surface area contributed by atoms with Crippen LogP contribution in [-0.4, -0.2) is 23.8 Å². The van der Waals surface area contributed by atoms with Gasteiger partial charge in [0.2, 0.25) is 0 Å². The van der Waals surface area contributed by atoms with Crippen molar-refractivity contribution in [2.45, 2.75) is 45.8 Å². The summed E-state index contributed by atoms with van der Waals surface area (Å²) < 4.78 is 5.31. The molecule has 0 saturated heterocycles. The normalized spacial score (nSPS) is 11.9. The fourth-order valence-corrected chi connectivity index (χ4v) is 3.44. The number of ether oxygens (including phenoxy) is 1. The lowest BCUT2D eigenvalue weighted by atomic mass is 10.0. The van der Waals surface area contributed by atoms with E-state index in [2.05, 4.69) is 16.0 Å². The predicted molar refractivity (Wildman–Crippen MR) is 133 cm³/mol. The molecule has 3 amide bonds. The van der Waals surface area contributed by atoms with Gasteiger partial charge in [-0.2, -0.15) is 0 Å². The second kappa shape index (κ2) is 10.7. The van der Waals surface area contributed by atoms with Crippen molar-refractivity contribution in [3.05, 3.63) is 84.4 Å². The van der Waals surface area contributed by atoms with Gasteiger partial charge in [-0.1, -0.05) is 60.7 Å². The number of carbonyl (C=O) groups excluding carboxylic acids is 2. The molecule has 3 aromatic rings. The summed E-state index contributed by atoms with van der Waals surface area (Å²) in [7, 11) is 0. The molecule has 3 N–H and O–H groups in total. The Bertz CT molecular complexity index is 1090. The van der Waals surface area contributed by atoms with Gasteiger partial charge in [0.05, 0.1) is 5.69 Å². The molecule has 0 aromatic heterocycles. The second-order valence-corrected chi connectivity index (χ2v) is 8.94. The molecule has 3 rings (SSSR count). The molecule has 1 unspecified atom stereocenters. The third-order valence-electron chi connectivity index (χ3n) is 4.75. The van der Waals surface area contributed by atoms with Crippen LogP contribution in [0.25, 0.3) is 11.1 Å². The molecule has 0 bridgehead atoms. The first kappa shape index (κ1) is 23.9. The minimum Gasteiger partial charge on any atom is -0.444 e. The number of rotatable bonds is 6. The molecule has 33 heavy (non-hydrogen) atoms. The smallest absolute Gasteiger partial charge is 0.407 e. The fraction of sp³-hybridized carbons (Fsp3) is 0.259. The van der Waals surface area contributed by atoms with Crippen LogP contribution in [-0.2, 0) is 11.2 Å². The van der Waals surface area contributed by atoms with E-state index < -0.39 is 11.7 Å². The number of carbonyl (C=O) groups is 2. The first-order chi connectivity index (χ1) is 15.7. The van der Waals surface area contributed by atoms with Gasteiger partial charge in [0, 0.05) is 17.3 Å². The minimum atomic E-state index is -0.542. The Kier molecular flexibility index (Phi) is 7.72. The number of urea groups is 1. The number of amides is 3. The van der Waals surface area contributed by atoms with Crippen molar-refractivity contribution in [3.8, 4) is 11.1 Å².